The van der Waals surface area contributed by atoms with Crippen molar-refractivity contribution in [1.82, 2.24) is 9.88 Å². The van der Waals surface area contributed by atoms with Gasteiger partial charge in [-0.2, -0.15) is 0 Å². The molecule has 1 saturated heterocycles. The molecule has 4 heteroatoms. The molecule has 2 unspecified atom stereocenters. The third-order valence-corrected chi connectivity index (χ3v) is 4.20. The number of aromatic nitrogens is 1. The zero-order chi connectivity index (χ0) is 15.5. The standard InChI is InChI=1S/C18H18N2O2/c1-13(14-7-3-2-4-8-14)20-12-15(11-17(20)21)18(22)16-9-5-6-10-19-16/h2-10,13,15H,11-12H2,1H3. The minimum atomic E-state index is -0.298. The quantitative estimate of drug-likeness (QED) is 0.815. The fraction of sp³-hybridized carbons (Fsp3) is 0.278. The van der Waals surface area contributed by atoms with Gasteiger partial charge in [0.1, 0.15) is 5.69 Å². The van der Waals surface area contributed by atoms with Crippen molar-refractivity contribution < 1.29 is 9.59 Å². The van der Waals surface area contributed by atoms with Crippen LogP contribution < -0.4 is 0 Å². The van der Waals surface area contributed by atoms with Gasteiger partial charge < -0.3 is 4.90 Å². The maximum Gasteiger partial charge on any atom is 0.223 e. The monoisotopic (exact) mass is 294 g/mol. The molecule has 2 atom stereocenters. The fourth-order valence-electron chi connectivity index (χ4n) is 2.91. The molecule has 3 rings (SSSR count). The van der Waals surface area contributed by atoms with Gasteiger partial charge in [0.05, 0.1) is 12.0 Å². The van der Waals surface area contributed by atoms with Gasteiger partial charge >= 0.3 is 0 Å². The molecule has 22 heavy (non-hydrogen) atoms. The summed E-state index contributed by atoms with van der Waals surface area (Å²) in [5.41, 5.74) is 1.52. The Morgan fingerprint density at radius 3 is 2.59 bits per heavy atom. The number of benzene rings is 1. The van der Waals surface area contributed by atoms with Gasteiger partial charge in [0.15, 0.2) is 5.78 Å². The zero-order valence-corrected chi connectivity index (χ0v) is 12.5. The predicted octanol–water partition coefficient (Wildman–Crippen LogP) is 2.87. The highest BCUT2D eigenvalue weighted by atomic mass is 16.2. The molecule has 1 aliphatic heterocycles. The number of hydrogen-bond donors (Lipinski definition) is 0. The summed E-state index contributed by atoms with van der Waals surface area (Å²) in [5.74, 6) is -0.309. The summed E-state index contributed by atoms with van der Waals surface area (Å²) in [4.78, 5) is 30.6. The van der Waals surface area contributed by atoms with E-state index >= 15 is 0 Å². The fourth-order valence-corrected chi connectivity index (χ4v) is 2.91. The Balaban J connectivity index is 1.75. The number of rotatable bonds is 4. The van der Waals surface area contributed by atoms with Crippen LogP contribution in [0.2, 0.25) is 0 Å². The number of ketones is 1. The zero-order valence-electron chi connectivity index (χ0n) is 12.5. The van der Waals surface area contributed by atoms with Crippen molar-refractivity contribution in [1.29, 1.82) is 0 Å². The van der Waals surface area contributed by atoms with Crippen LogP contribution >= 0.6 is 0 Å². The maximum atomic E-state index is 12.5. The normalized spacial score (nSPS) is 19.2. The summed E-state index contributed by atoms with van der Waals surface area (Å²) in [5, 5.41) is 0. The van der Waals surface area contributed by atoms with Crippen LogP contribution in [0.15, 0.2) is 54.7 Å². The van der Waals surface area contributed by atoms with Crippen molar-refractivity contribution in [2.24, 2.45) is 5.92 Å². The van der Waals surface area contributed by atoms with E-state index in [-0.39, 0.29) is 30.1 Å². The molecule has 1 amide bonds. The smallest absolute Gasteiger partial charge is 0.223 e. The topological polar surface area (TPSA) is 50.3 Å². The lowest BCUT2D eigenvalue weighted by molar-refractivity contribution is -0.129. The third kappa shape index (κ3) is 2.77. The van der Waals surface area contributed by atoms with Crippen molar-refractivity contribution in [2.45, 2.75) is 19.4 Å². The first kappa shape index (κ1) is 14.4. The first-order valence-electron chi connectivity index (χ1n) is 7.46. The van der Waals surface area contributed by atoms with Crippen LogP contribution in [0.1, 0.15) is 35.4 Å². The molecule has 0 spiro atoms. The summed E-state index contributed by atoms with van der Waals surface area (Å²) in [6.07, 6.45) is 1.88. The average Bonchev–Trinajstić information content (AvgIpc) is 2.97. The van der Waals surface area contributed by atoms with Gasteiger partial charge in [0.2, 0.25) is 5.91 Å². The number of carbonyl (C=O) groups excluding carboxylic acids is 2. The first-order chi connectivity index (χ1) is 10.7. The Kier molecular flexibility index (Phi) is 4.00. The minimum absolute atomic E-state index is 0.0183. The number of nitrogens with zero attached hydrogens (tertiary/aromatic N) is 2. The highest BCUT2D eigenvalue weighted by Crippen LogP contribution is 2.29. The molecule has 1 aliphatic rings. The summed E-state index contributed by atoms with van der Waals surface area (Å²) in [6.45, 7) is 2.46. The second kappa shape index (κ2) is 6.10. The molecule has 1 aromatic heterocycles. The van der Waals surface area contributed by atoms with Gasteiger partial charge in [0.25, 0.3) is 0 Å². The molecule has 0 radical (unpaired) electrons. The van der Waals surface area contributed by atoms with Gasteiger partial charge in [-0.1, -0.05) is 36.4 Å². The van der Waals surface area contributed by atoms with Crippen LogP contribution in [0, 0.1) is 5.92 Å². The maximum absolute atomic E-state index is 12.5. The summed E-state index contributed by atoms with van der Waals surface area (Å²) in [6, 6.07) is 15.1. The Labute approximate surface area is 129 Å². The van der Waals surface area contributed by atoms with Crippen molar-refractivity contribution >= 4 is 11.7 Å². The van der Waals surface area contributed by atoms with Crippen LogP contribution in [-0.2, 0) is 4.79 Å². The van der Waals surface area contributed by atoms with E-state index in [1.54, 1.807) is 29.3 Å². The van der Waals surface area contributed by atoms with E-state index < -0.39 is 0 Å². The second-order valence-corrected chi connectivity index (χ2v) is 5.61. The molecule has 0 saturated carbocycles. The highest BCUT2D eigenvalue weighted by molar-refractivity contribution is 6.00. The number of amides is 1. The van der Waals surface area contributed by atoms with Crippen LogP contribution in [0.5, 0.6) is 0 Å². The second-order valence-electron chi connectivity index (χ2n) is 5.61. The lowest BCUT2D eigenvalue weighted by Gasteiger charge is -2.25. The lowest BCUT2D eigenvalue weighted by atomic mass is 10.0. The van der Waals surface area contributed by atoms with E-state index in [4.69, 9.17) is 0 Å². The molecule has 0 N–H and O–H groups in total. The van der Waals surface area contributed by atoms with Crippen molar-refractivity contribution in [3.8, 4) is 0 Å². The van der Waals surface area contributed by atoms with Gasteiger partial charge in [-0.25, -0.2) is 0 Å². The van der Waals surface area contributed by atoms with Gasteiger partial charge in [-0.3, -0.25) is 14.6 Å². The van der Waals surface area contributed by atoms with Crippen LogP contribution in [0.3, 0.4) is 0 Å². The van der Waals surface area contributed by atoms with Gasteiger partial charge in [-0.05, 0) is 24.6 Å². The number of hydrogen-bond acceptors (Lipinski definition) is 3. The van der Waals surface area contributed by atoms with Crippen LogP contribution in [0.25, 0.3) is 0 Å². The minimum Gasteiger partial charge on any atom is -0.335 e. The summed E-state index contributed by atoms with van der Waals surface area (Å²) in [7, 11) is 0. The number of Topliss-reactive ketones (excluding diaryl/α,β-unsaturated/α-hetero) is 1. The van der Waals surface area contributed by atoms with Crippen molar-refractivity contribution in [3.05, 3.63) is 66.0 Å². The molecule has 1 fully saturated rings. The Morgan fingerprint density at radius 1 is 1.18 bits per heavy atom. The molecule has 0 bridgehead atoms. The van der Waals surface area contributed by atoms with E-state index in [1.807, 2.05) is 37.3 Å². The van der Waals surface area contributed by atoms with E-state index in [2.05, 4.69) is 4.98 Å². The van der Waals surface area contributed by atoms with Crippen LogP contribution in [-0.4, -0.2) is 28.1 Å². The van der Waals surface area contributed by atoms with Crippen molar-refractivity contribution in [3.63, 3.8) is 0 Å². The number of carbonyl (C=O) groups is 2. The SMILES string of the molecule is CC(c1ccccc1)N1CC(C(=O)c2ccccn2)CC1=O. The Morgan fingerprint density at radius 2 is 1.91 bits per heavy atom. The van der Waals surface area contributed by atoms with E-state index in [0.29, 0.717) is 12.2 Å². The molecule has 4 nitrogen and oxygen atoms in total. The summed E-state index contributed by atoms with van der Waals surface area (Å²) >= 11 is 0. The van der Waals surface area contributed by atoms with Gasteiger partial charge in [-0.15, -0.1) is 0 Å². The molecule has 1 aromatic carbocycles. The number of pyridine rings is 1. The average molecular weight is 294 g/mol. The molecule has 2 aromatic rings. The Bertz CT molecular complexity index is 670. The number of likely N-dealkylation sites (tertiary alicyclic amines) is 1. The van der Waals surface area contributed by atoms with Crippen LogP contribution in [0.4, 0.5) is 0 Å². The first-order valence-corrected chi connectivity index (χ1v) is 7.46. The highest BCUT2D eigenvalue weighted by Gasteiger charge is 2.37. The molecule has 2 heterocycles. The van der Waals surface area contributed by atoms with Gasteiger partial charge in [0, 0.05) is 19.2 Å². The summed E-state index contributed by atoms with van der Waals surface area (Å²) < 4.78 is 0. The van der Waals surface area contributed by atoms with E-state index in [1.165, 1.54) is 0 Å². The largest absolute Gasteiger partial charge is 0.335 e. The molecule has 112 valence electrons. The van der Waals surface area contributed by atoms with E-state index in [0.717, 1.165) is 5.56 Å². The predicted molar refractivity (Wildman–Crippen MR) is 83.2 cm³/mol. The van der Waals surface area contributed by atoms with E-state index in [9.17, 15) is 9.59 Å². The molecular formula is C18H18N2O2. The third-order valence-electron chi connectivity index (χ3n) is 4.20. The Hall–Kier alpha value is -2.49. The molecule has 0 aliphatic carbocycles. The lowest BCUT2D eigenvalue weighted by Crippen LogP contribution is -2.29. The van der Waals surface area contributed by atoms with Crippen molar-refractivity contribution in [2.75, 3.05) is 6.54 Å². The molecular weight excluding hydrogens is 276 g/mol.